The summed E-state index contributed by atoms with van der Waals surface area (Å²) in [6.07, 6.45) is -0.226. The summed E-state index contributed by atoms with van der Waals surface area (Å²) >= 11 is 0. The number of hydrogen-bond acceptors (Lipinski definition) is 7. The highest BCUT2D eigenvalue weighted by molar-refractivity contribution is 6.00. The minimum atomic E-state index is -1.07. The van der Waals surface area contributed by atoms with Crippen molar-refractivity contribution in [2.24, 2.45) is 4.99 Å². The third-order valence-electron chi connectivity index (χ3n) is 5.10. The Kier molecular flexibility index (Phi) is 8.18. The quantitative estimate of drug-likeness (QED) is 0.375. The second kappa shape index (κ2) is 11.3. The van der Waals surface area contributed by atoms with Crippen molar-refractivity contribution in [2.75, 3.05) is 25.0 Å². The number of carbonyl (C=O) groups excluding carboxylic acids is 3. The molecule has 0 aromatic heterocycles. The number of aldehydes is 1. The van der Waals surface area contributed by atoms with Gasteiger partial charge in [0, 0.05) is 23.7 Å². The highest BCUT2D eigenvalue weighted by Crippen LogP contribution is 2.21. The van der Waals surface area contributed by atoms with Crippen LogP contribution in [0.25, 0.3) is 0 Å². The Bertz CT molecular complexity index is 1080. The van der Waals surface area contributed by atoms with Crippen LogP contribution in [0.4, 0.5) is 10.1 Å². The van der Waals surface area contributed by atoms with Gasteiger partial charge in [-0.2, -0.15) is 0 Å². The number of carbonyl (C=O) groups is 3. The largest absolute Gasteiger partial charge is 0.508 e. The van der Waals surface area contributed by atoms with Crippen LogP contribution in [-0.2, 0) is 9.59 Å². The molecule has 0 aliphatic carbocycles. The zero-order valence-corrected chi connectivity index (χ0v) is 19.0. The van der Waals surface area contributed by atoms with Crippen molar-refractivity contribution in [1.29, 1.82) is 0 Å². The summed E-state index contributed by atoms with van der Waals surface area (Å²) in [6, 6.07) is 9.42. The van der Waals surface area contributed by atoms with Gasteiger partial charge in [0.2, 0.25) is 5.91 Å². The van der Waals surface area contributed by atoms with Gasteiger partial charge in [-0.25, -0.2) is 9.38 Å². The molecule has 3 rings (SSSR count). The minimum Gasteiger partial charge on any atom is -0.508 e. The highest BCUT2D eigenvalue weighted by atomic mass is 19.1. The molecule has 0 spiro atoms. The summed E-state index contributed by atoms with van der Waals surface area (Å²) in [4.78, 5) is 40.2. The molecule has 34 heavy (non-hydrogen) atoms. The van der Waals surface area contributed by atoms with Crippen LogP contribution in [0.3, 0.4) is 0 Å². The van der Waals surface area contributed by atoms with Gasteiger partial charge in [-0.1, -0.05) is 29.3 Å². The maximum atomic E-state index is 13.2. The van der Waals surface area contributed by atoms with E-state index in [2.05, 4.69) is 26.3 Å². The van der Waals surface area contributed by atoms with Crippen molar-refractivity contribution in [1.82, 2.24) is 16.0 Å². The smallest absolute Gasteiger partial charge is 0.251 e. The van der Waals surface area contributed by atoms with Gasteiger partial charge in [-0.15, -0.1) is 0 Å². The number of rotatable bonds is 8. The lowest BCUT2D eigenvalue weighted by Gasteiger charge is -2.19. The SMILES string of the molecule is Cc1cc(C)cc([C@@H](CC=O)NC(=O)CNC(=O)c2cc(O)cc(NC3=NCC(F)CN3)c2)c1. The van der Waals surface area contributed by atoms with E-state index in [4.69, 9.17) is 0 Å². The van der Waals surface area contributed by atoms with Gasteiger partial charge in [0.25, 0.3) is 5.91 Å². The first-order valence-electron chi connectivity index (χ1n) is 10.9. The zero-order valence-electron chi connectivity index (χ0n) is 19.0. The molecular weight excluding hydrogens is 441 g/mol. The maximum Gasteiger partial charge on any atom is 0.251 e. The molecule has 1 heterocycles. The third kappa shape index (κ3) is 7.03. The number of phenolic OH excluding ortho intramolecular Hbond substituents is 1. The number of anilines is 1. The molecule has 180 valence electrons. The van der Waals surface area contributed by atoms with E-state index in [1.165, 1.54) is 18.2 Å². The number of nitrogens with zero attached hydrogens (tertiary/aromatic N) is 1. The van der Waals surface area contributed by atoms with Crippen LogP contribution in [0.5, 0.6) is 5.75 Å². The van der Waals surface area contributed by atoms with E-state index >= 15 is 0 Å². The number of hydrogen-bond donors (Lipinski definition) is 5. The van der Waals surface area contributed by atoms with Crippen LogP contribution in [0.15, 0.2) is 41.4 Å². The predicted octanol–water partition coefficient (Wildman–Crippen LogP) is 1.89. The number of guanidine groups is 1. The monoisotopic (exact) mass is 469 g/mol. The number of phenols is 1. The molecule has 0 radical (unpaired) electrons. The van der Waals surface area contributed by atoms with Gasteiger partial charge >= 0.3 is 0 Å². The van der Waals surface area contributed by atoms with E-state index in [1.54, 1.807) is 0 Å². The fourth-order valence-corrected chi connectivity index (χ4v) is 3.65. The summed E-state index contributed by atoms with van der Waals surface area (Å²) in [6.45, 7) is 3.68. The Morgan fingerprint density at radius 3 is 2.59 bits per heavy atom. The average molecular weight is 470 g/mol. The van der Waals surface area contributed by atoms with Crippen LogP contribution in [0.1, 0.15) is 39.5 Å². The third-order valence-corrected chi connectivity index (χ3v) is 5.10. The van der Waals surface area contributed by atoms with Gasteiger partial charge in [0.05, 0.1) is 25.7 Å². The number of amides is 2. The number of nitrogens with one attached hydrogen (secondary N) is 4. The molecule has 5 N–H and O–H groups in total. The molecule has 0 fully saturated rings. The van der Waals surface area contributed by atoms with Crippen LogP contribution in [-0.4, -0.2) is 55.0 Å². The minimum absolute atomic E-state index is 0.0177. The second-order valence-corrected chi connectivity index (χ2v) is 8.19. The molecular formula is C24H28FN5O4. The Morgan fingerprint density at radius 2 is 1.94 bits per heavy atom. The fraction of sp³-hybridized carbons (Fsp3) is 0.333. The van der Waals surface area contributed by atoms with E-state index < -0.39 is 24.0 Å². The molecule has 1 unspecified atom stereocenters. The molecule has 9 nitrogen and oxygen atoms in total. The number of aliphatic imine (C=N–C) groups is 1. The van der Waals surface area contributed by atoms with Crippen molar-refractivity contribution in [3.8, 4) is 5.75 Å². The topological polar surface area (TPSA) is 132 Å². The molecule has 1 aliphatic rings. The number of halogens is 1. The molecule has 2 amide bonds. The lowest BCUT2D eigenvalue weighted by Crippen LogP contribution is -2.41. The van der Waals surface area contributed by atoms with E-state index in [9.17, 15) is 23.9 Å². The lowest BCUT2D eigenvalue weighted by atomic mass is 9.99. The van der Waals surface area contributed by atoms with E-state index in [0.717, 1.165) is 23.0 Å². The van der Waals surface area contributed by atoms with Crippen molar-refractivity contribution < 1.29 is 23.9 Å². The standard InChI is InChI=1S/C24H28FN5O4/c1-14-5-15(2)7-16(6-14)21(3-4-31)30-22(33)13-26-23(34)17-8-19(10-20(32)9-17)29-24-27-11-18(25)12-28-24/h4-10,18,21,32H,3,11-13H2,1-2H3,(H,26,34)(H,30,33)(H2,27,28,29)/t21-/m1/s1. The molecule has 2 aromatic rings. The van der Waals surface area contributed by atoms with E-state index in [-0.39, 0.29) is 37.4 Å². The maximum absolute atomic E-state index is 13.2. The summed E-state index contributed by atoms with van der Waals surface area (Å²) in [5.74, 6) is -0.868. The first-order chi connectivity index (χ1) is 16.2. The first kappa shape index (κ1) is 24.7. The van der Waals surface area contributed by atoms with Gasteiger partial charge in [-0.3, -0.25) is 9.59 Å². The second-order valence-electron chi connectivity index (χ2n) is 8.19. The molecule has 10 heteroatoms. The lowest BCUT2D eigenvalue weighted by molar-refractivity contribution is -0.121. The molecule has 0 bridgehead atoms. The normalized spacial score (nSPS) is 16.0. The van der Waals surface area contributed by atoms with Crippen molar-refractivity contribution in [2.45, 2.75) is 32.5 Å². The van der Waals surface area contributed by atoms with Gasteiger partial charge in [-0.05, 0) is 31.5 Å². The Balaban J connectivity index is 1.61. The number of aromatic hydroxyl groups is 1. The predicted molar refractivity (Wildman–Crippen MR) is 127 cm³/mol. The van der Waals surface area contributed by atoms with E-state index in [0.29, 0.717) is 11.6 Å². The molecule has 1 aliphatic heterocycles. The molecule has 2 atom stereocenters. The van der Waals surface area contributed by atoms with Gasteiger partial charge in [0.1, 0.15) is 18.2 Å². The molecule has 0 saturated heterocycles. The van der Waals surface area contributed by atoms with Crippen molar-refractivity contribution >= 4 is 29.7 Å². The number of benzene rings is 2. The van der Waals surface area contributed by atoms with Crippen LogP contribution < -0.4 is 21.3 Å². The Labute approximate surface area is 196 Å². The van der Waals surface area contributed by atoms with Crippen LogP contribution >= 0.6 is 0 Å². The summed E-state index contributed by atoms with van der Waals surface area (Å²) in [5, 5.41) is 20.9. The zero-order chi connectivity index (χ0) is 24.7. The van der Waals surface area contributed by atoms with Gasteiger partial charge < -0.3 is 31.2 Å². The average Bonchev–Trinajstić information content (AvgIpc) is 2.77. The van der Waals surface area contributed by atoms with E-state index in [1.807, 2.05) is 32.0 Å². The Morgan fingerprint density at radius 1 is 1.21 bits per heavy atom. The fourth-order valence-electron chi connectivity index (χ4n) is 3.65. The highest BCUT2D eigenvalue weighted by Gasteiger charge is 2.18. The molecule has 0 saturated carbocycles. The van der Waals surface area contributed by atoms with Crippen molar-refractivity contribution in [3.63, 3.8) is 0 Å². The first-order valence-corrected chi connectivity index (χ1v) is 10.9. The molecule has 2 aromatic carbocycles. The number of aryl methyl sites for hydroxylation is 2. The summed E-state index contributed by atoms with van der Waals surface area (Å²) in [5.41, 5.74) is 3.33. The van der Waals surface area contributed by atoms with Crippen LogP contribution in [0, 0.1) is 13.8 Å². The van der Waals surface area contributed by atoms with Crippen molar-refractivity contribution in [3.05, 3.63) is 58.7 Å². The number of alkyl halides is 1. The summed E-state index contributed by atoms with van der Waals surface area (Å²) in [7, 11) is 0. The van der Waals surface area contributed by atoms with Gasteiger partial charge in [0.15, 0.2) is 5.96 Å². The summed E-state index contributed by atoms with van der Waals surface area (Å²) < 4.78 is 13.2. The van der Waals surface area contributed by atoms with Crippen LogP contribution in [0.2, 0.25) is 0 Å². The Hall–Kier alpha value is -3.95.